The summed E-state index contributed by atoms with van der Waals surface area (Å²) in [5.41, 5.74) is -1.13. The highest BCUT2D eigenvalue weighted by Gasteiger charge is 2.20. The number of rotatable bonds is 2. The Morgan fingerprint density at radius 2 is 2.19 bits per heavy atom. The van der Waals surface area contributed by atoms with Crippen molar-refractivity contribution in [3.63, 3.8) is 0 Å². The lowest BCUT2D eigenvalue weighted by molar-refractivity contribution is 0.0687. The Labute approximate surface area is 124 Å². The third-order valence-corrected chi connectivity index (χ3v) is 3.58. The summed E-state index contributed by atoms with van der Waals surface area (Å²) in [6, 6.07) is 1.79. The van der Waals surface area contributed by atoms with E-state index in [-0.39, 0.29) is 21.9 Å². The van der Waals surface area contributed by atoms with Crippen LogP contribution in [0.15, 0.2) is 23.3 Å². The highest BCUT2D eigenvalue weighted by atomic mass is 35.5. The summed E-state index contributed by atoms with van der Waals surface area (Å²) in [4.78, 5) is 30.9. The minimum Gasteiger partial charge on any atom is -0.477 e. The first kappa shape index (κ1) is 13.6. The molecule has 0 unspecified atom stereocenters. The standard InChI is InChI=1S/C11H4ClFN4O3S/c12-8-5(13)1-4-7(18)2-6(10(19)20)17(9(4)16-8)11-14-3-15-21-11/h1-3H,(H,19,20). The zero-order valence-corrected chi connectivity index (χ0v) is 11.5. The smallest absolute Gasteiger partial charge is 0.353 e. The van der Waals surface area contributed by atoms with Crippen LogP contribution >= 0.6 is 23.1 Å². The van der Waals surface area contributed by atoms with E-state index < -0.39 is 22.4 Å². The second kappa shape index (κ2) is 4.86. The molecule has 0 radical (unpaired) electrons. The fraction of sp³-hybridized carbons (Fsp3) is 0. The number of carboxylic acids is 1. The van der Waals surface area contributed by atoms with Gasteiger partial charge in [0, 0.05) is 17.6 Å². The Kier molecular flexibility index (Phi) is 3.15. The maximum atomic E-state index is 13.5. The minimum absolute atomic E-state index is 0.0944. The van der Waals surface area contributed by atoms with Crippen LogP contribution in [0.25, 0.3) is 16.2 Å². The van der Waals surface area contributed by atoms with Crippen molar-refractivity contribution in [2.45, 2.75) is 0 Å². The molecule has 0 spiro atoms. The molecule has 0 saturated carbocycles. The molecule has 0 saturated heterocycles. The lowest BCUT2D eigenvalue weighted by Gasteiger charge is -2.10. The summed E-state index contributed by atoms with van der Waals surface area (Å²) in [7, 11) is 0. The molecular weight excluding hydrogens is 323 g/mol. The SMILES string of the molecule is O=C(O)c1cc(=O)c2cc(F)c(Cl)nc2n1-c1ncns1. The monoisotopic (exact) mass is 326 g/mol. The van der Waals surface area contributed by atoms with Gasteiger partial charge in [0.05, 0.1) is 5.39 Å². The van der Waals surface area contributed by atoms with E-state index in [0.717, 1.165) is 28.2 Å². The van der Waals surface area contributed by atoms with Crippen LogP contribution in [-0.4, -0.2) is 30.0 Å². The minimum atomic E-state index is -1.36. The molecule has 7 nitrogen and oxygen atoms in total. The normalized spacial score (nSPS) is 11.0. The number of aromatic carboxylic acids is 1. The van der Waals surface area contributed by atoms with Gasteiger partial charge in [0.1, 0.15) is 12.0 Å². The molecule has 3 aromatic heterocycles. The van der Waals surface area contributed by atoms with Crippen molar-refractivity contribution in [3.8, 4) is 5.13 Å². The van der Waals surface area contributed by atoms with E-state index in [1.165, 1.54) is 6.33 Å². The lowest BCUT2D eigenvalue weighted by Crippen LogP contribution is -2.18. The summed E-state index contributed by atoms with van der Waals surface area (Å²) in [6.45, 7) is 0. The molecule has 0 aromatic carbocycles. The zero-order chi connectivity index (χ0) is 15.1. The third kappa shape index (κ3) is 2.16. The number of hydrogen-bond donors (Lipinski definition) is 1. The number of pyridine rings is 2. The fourth-order valence-corrected chi connectivity index (χ4v) is 2.49. The predicted molar refractivity (Wildman–Crippen MR) is 72.7 cm³/mol. The lowest BCUT2D eigenvalue weighted by atomic mass is 10.2. The average Bonchev–Trinajstić information content (AvgIpc) is 2.94. The Hall–Kier alpha value is -2.39. The number of halogens is 2. The number of nitrogens with zero attached hydrogens (tertiary/aromatic N) is 4. The molecular formula is C11H4ClFN4O3S. The Morgan fingerprint density at radius 3 is 2.81 bits per heavy atom. The Morgan fingerprint density at radius 1 is 1.43 bits per heavy atom. The molecule has 106 valence electrons. The molecule has 0 aliphatic heterocycles. The van der Waals surface area contributed by atoms with Crippen LogP contribution in [0, 0.1) is 5.82 Å². The van der Waals surface area contributed by atoms with E-state index in [1.54, 1.807) is 0 Å². The van der Waals surface area contributed by atoms with Crippen LogP contribution in [0.2, 0.25) is 5.15 Å². The second-order valence-electron chi connectivity index (χ2n) is 3.89. The van der Waals surface area contributed by atoms with Gasteiger partial charge in [-0.05, 0) is 6.07 Å². The number of carboxylic acid groups (broad SMARTS) is 1. The molecule has 3 aromatic rings. The second-order valence-corrected chi connectivity index (χ2v) is 5.01. The van der Waals surface area contributed by atoms with Crippen molar-refractivity contribution in [1.82, 2.24) is 18.9 Å². The highest BCUT2D eigenvalue weighted by molar-refractivity contribution is 7.08. The molecule has 21 heavy (non-hydrogen) atoms. The van der Waals surface area contributed by atoms with Gasteiger partial charge in [-0.2, -0.15) is 4.37 Å². The van der Waals surface area contributed by atoms with Crippen molar-refractivity contribution in [2.75, 3.05) is 0 Å². The maximum absolute atomic E-state index is 13.5. The van der Waals surface area contributed by atoms with Crippen molar-refractivity contribution in [1.29, 1.82) is 0 Å². The van der Waals surface area contributed by atoms with Gasteiger partial charge in [-0.25, -0.2) is 19.2 Å². The van der Waals surface area contributed by atoms with Crippen molar-refractivity contribution in [3.05, 3.63) is 45.3 Å². The largest absolute Gasteiger partial charge is 0.477 e. The molecule has 1 N–H and O–H groups in total. The van der Waals surface area contributed by atoms with E-state index in [0.29, 0.717) is 0 Å². The first-order chi connectivity index (χ1) is 9.99. The quantitative estimate of drug-likeness (QED) is 0.720. The van der Waals surface area contributed by atoms with Gasteiger partial charge in [-0.3, -0.25) is 9.36 Å². The molecule has 0 amide bonds. The van der Waals surface area contributed by atoms with Crippen LogP contribution in [0.4, 0.5) is 4.39 Å². The summed E-state index contributed by atoms with van der Waals surface area (Å²) >= 11 is 6.52. The maximum Gasteiger partial charge on any atom is 0.353 e. The summed E-state index contributed by atoms with van der Waals surface area (Å²) in [5.74, 6) is -2.22. The third-order valence-electron chi connectivity index (χ3n) is 2.66. The van der Waals surface area contributed by atoms with Crippen LogP contribution in [0.1, 0.15) is 10.5 Å². The summed E-state index contributed by atoms with van der Waals surface area (Å²) < 4.78 is 18.3. The predicted octanol–water partition coefficient (Wildman–Crippen LogP) is 1.73. The highest BCUT2D eigenvalue weighted by Crippen LogP contribution is 2.22. The van der Waals surface area contributed by atoms with E-state index in [9.17, 15) is 19.1 Å². The van der Waals surface area contributed by atoms with E-state index >= 15 is 0 Å². The molecule has 0 aliphatic carbocycles. The van der Waals surface area contributed by atoms with Gasteiger partial charge < -0.3 is 5.11 Å². The van der Waals surface area contributed by atoms with Crippen LogP contribution in [0.5, 0.6) is 0 Å². The molecule has 0 atom stereocenters. The summed E-state index contributed by atoms with van der Waals surface area (Å²) in [6.07, 6.45) is 1.22. The Balaban J connectivity index is 2.55. The number of hydrogen-bond acceptors (Lipinski definition) is 6. The zero-order valence-electron chi connectivity index (χ0n) is 9.95. The van der Waals surface area contributed by atoms with Gasteiger partial charge in [0.25, 0.3) is 0 Å². The first-order valence-electron chi connectivity index (χ1n) is 5.41. The van der Waals surface area contributed by atoms with Gasteiger partial charge in [0.2, 0.25) is 5.13 Å². The number of carbonyl (C=O) groups is 1. The van der Waals surface area contributed by atoms with Gasteiger partial charge in [0.15, 0.2) is 22.0 Å². The van der Waals surface area contributed by atoms with Gasteiger partial charge in [-0.15, -0.1) is 0 Å². The molecule has 0 aliphatic rings. The van der Waals surface area contributed by atoms with E-state index in [1.807, 2.05) is 0 Å². The number of aromatic nitrogens is 4. The summed E-state index contributed by atoms with van der Waals surface area (Å²) in [5, 5.41) is 8.84. The first-order valence-corrected chi connectivity index (χ1v) is 6.56. The van der Waals surface area contributed by atoms with Crippen LogP contribution in [0.3, 0.4) is 0 Å². The van der Waals surface area contributed by atoms with Gasteiger partial charge >= 0.3 is 5.97 Å². The molecule has 3 heterocycles. The average molecular weight is 327 g/mol. The Bertz CT molecular complexity index is 925. The topological polar surface area (TPSA) is 98.0 Å². The van der Waals surface area contributed by atoms with Crippen molar-refractivity contribution >= 4 is 40.1 Å². The van der Waals surface area contributed by atoms with Crippen LogP contribution in [-0.2, 0) is 0 Å². The van der Waals surface area contributed by atoms with Crippen LogP contribution < -0.4 is 5.43 Å². The van der Waals surface area contributed by atoms with E-state index in [4.69, 9.17) is 11.6 Å². The molecule has 3 rings (SSSR count). The molecule has 0 bridgehead atoms. The van der Waals surface area contributed by atoms with E-state index in [2.05, 4.69) is 14.3 Å². The van der Waals surface area contributed by atoms with Gasteiger partial charge in [-0.1, -0.05) is 11.6 Å². The fourth-order valence-electron chi connectivity index (χ4n) is 1.81. The van der Waals surface area contributed by atoms with Crippen molar-refractivity contribution in [2.24, 2.45) is 0 Å². The van der Waals surface area contributed by atoms with Crippen molar-refractivity contribution < 1.29 is 14.3 Å². The molecule has 0 fully saturated rings. The molecule has 10 heteroatoms. The number of fused-ring (bicyclic) bond motifs is 1.